The average molecular weight is 231 g/mol. The van der Waals surface area contributed by atoms with Gasteiger partial charge in [0.05, 0.1) is 11.9 Å². The summed E-state index contributed by atoms with van der Waals surface area (Å²) in [6.07, 6.45) is 3.53. The molecule has 0 aliphatic carbocycles. The molecule has 1 heterocycles. The number of rotatable bonds is 4. The molecular weight excluding hydrogens is 218 g/mol. The van der Waals surface area contributed by atoms with E-state index in [9.17, 15) is 4.79 Å². The Morgan fingerprint density at radius 1 is 1.35 bits per heavy atom. The lowest BCUT2D eigenvalue weighted by molar-refractivity contribution is -0.123. The van der Waals surface area contributed by atoms with Crippen LogP contribution in [0.2, 0.25) is 0 Å². The first-order chi connectivity index (χ1) is 8.29. The molecular formula is C12H13N3O2. The maximum absolute atomic E-state index is 10.9. The zero-order chi connectivity index (χ0) is 12.1. The third-order valence-electron chi connectivity index (χ3n) is 2.29. The Kier molecular flexibility index (Phi) is 3.52. The molecule has 0 bridgehead atoms. The van der Waals surface area contributed by atoms with Crippen molar-refractivity contribution in [3.63, 3.8) is 0 Å². The third kappa shape index (κ3) is 2.92. The number of hydrogen-bond donors (Lipinski definition) is 2. The first-order valence-corrected chi connectivity index (χ1v) is 5.26. The lowest BCUT2D eigenvalue weighted by Crippen LogP contribution is -2.25. The summed E-state index contributed by atoms with van der Waals surface area (Å²) in [7, 11) is 0. The van der Waals surface area contributed by atoms with Gasteiger partial charge in [-0.1, -0.05) is 18.2 Å². The number of hydrogen-bond acceptors (Lipinski definition) is 3. The van der Waals surface area contributed by atoms with E-state index in [2.05, 4.69) is 10.4 Å². The first kappa shape index (κ1) is 11.3. The van der Waals surface area contributed by atoms with Gasteiger partial charge >= 0.3 is 0 Å². The van der Waals surface area contributed by atoms with Crippen molar-refractivity contribution < 1.29 is 9.90 Å². The molecule has 0 atom stereocenters. The van der Waals surface area contributed by atoms with Gasteiger partial charge in [-0.05, 0) is 12.1 Å². The third-order valence-corrected chi connectivity index (χ3v) is 2.29. The van der Waals surface area contributed by atoms with Crippen LogP contribution in [0.1, 0.15) is 5.56 Å². The number of para-hydroxylation sites is 1. The van der Waals surface area contributed by atoms with Crippen molar-refractivity contribution in [3.8, 4) is 5.69 Å². The number of benzene rings is 1. The summed E-state index contributed by atoms with van der Waals surface area (Å²) in [6, 6.07) is 9.70. The minimum Gasteiger partial charge on any atom is -0.387 e. The van der Waals surface area contributed by atoms with Gasteiger partial charge in [0.2, 0.25) is 5.91 Å². The van der Waals surface area contributed by atoms with E-state index in [-0.39, 0.29) is 0 Å². The van der Waals surface area contributed by atoms with Crippen LogP contribution in [-0.2, 0) is 11.3 Å². The molecule has 5 nitrogen and oxygen atoms in total. The van der Waals surface area contributed by atoms with Gasteiger partial charge in [-0.25, -0.2) is 4.68 Å². The van der Waals surface area contributed by atoms with E-state index in [0.717, 1.165) is 11.3 Å². The van der Waals surface area contributed by atoms with Crippen LogP contribution < -0.4 is 5.32 Å². The number of aliphatic hydroxyl groups is 1. The molecule has 2 aromatic rings. The standard InChI is InChI=1S/C12H13N3O2/c16-9-12(17)13-6-10-7-14-15(8-10)11-4-2-1-3-5-11/h1-5,7-8,16H,6,9H2,(H,13,17). The van der Waals surface area contributed by atoms with Gasteiger partial charge in [0.15, 0.2) is 0 Å². The zero-order valence-corrected chi connectivity index (χ0v) is 9.21. The van der Waals surface area contributed by atoms with Crippen LogP contribution in [0.3, 0.4) is 0 Å². The fraction of sp³-hybridized carbons (Fsp3) is 0.167. The fourth-order valence-corrected chi connectivity index (χ4v) is 1.43. The number of amides is 1. The number of aromatic nitrogens is 2. The molecule has 0 radical (unpaired) electrons. The summed E-state index contributed by atoms with van der Waals surface area (Å²) >= 11 is 0. The van der Waals surface area contributed by atoms with Gasteiger partial charge in [0.1, 0.15) is 6.61 Å². The van der Waals surface area contributed by atoms with Crippen molar-refractivity contribution in [2.24, 2.45) is 0 Å². The lowest BCUT2D eigenvalue weighted by atomic mass is 10.3. The van der Waals surface area contributed by atoms with Gasteiger partial charge in [-0.2, -0.15) is 5.10 Å². The predicted octanol–water partition coefficient (Wildman–Crippen LogP) is 0.481. The van der Waals surface area contributed by atoms with Crippen molar-refractivity contribution in [1.82, 2.24) is 15.1 Å². The van der Waals surface area contributed by atoms with Crippen LogP contribution in [0.5, 0.6) is 0 Å². The second-order valence-corrected chi connectivity index (χ2v) is 3.56. The highest BCUT2D eigenvalue weighted by Crippen LogP contribution is 2.07. The van der Waals surface area contributed by atoms with Crippen LogP contribution in [0, 0.1) is 0 Å². The van der Waals surface area contributed by atoms with E-state index >= 15 is 0 Å². The molecule has 0 saturated heterocycles. The number of nitrogens with one attached hydrogen (secondary N) is 1. The van der Waals surface area contributed by atoms with Crippen LogP contribution >= 0.6 is 0 Å². The first-order valence-electron chi connectivity index (χ1n) is 5.26. The van der Waals surface area contributed by atoms with Gasteiger partial charge < -0.3 is 10.4 Å². The fourth-order valence-electron chi connectivity index (χ4n) is 1.43. The Morgan fingerprint density at radius 2 is 2.12 bits per heavy atom. The Labute approximate surface area is 98.7 Å². The van der Waals surface area contributed by atoms with E-state index in [0.29, 0.717) is 6.54 Å². The smallest absolute Gasteiger partial charge is 0.245 e. The van der Waals surface area contributed by atoms with Crippen LogP contribution in [0.15, 0.2) is 42.7 Å². The summed E-state index contributed by atoms with van der Waals surface area (Å²) in [6.45, 7) is -0.126. The van der Waals surface area contributed by atoms with E-state index in [1.165, 1.54) is 0 Å². The molecule has 0 spiro atoms. The molecule has 1 aromatic carbocycles. The molecule has 1 aromatic heterocycles. The van der Waals surface area contributed by atoms with Crippen molar-refractivity contribution in [2.45, 2.75) is 6.54 Å². The molecule has 17 heavy (non-hydrogen) atoms. The summed E-state index contributed by atoms with van der Waals surface area (Å²) < 4.78 is 1.74. The van der Waals surface area contributed by atoms with E-state index in [1.807, 2.05) is 36.5 Å². The topological polar surface area (TPSA) is 67.2 Å². The quantitative estimate of drug-likeness (QED) is 0.804. The second-order valence-electron chi connectivity index (χ2n) is 3.56. The number of nitrogens with zero attached hydrogens (tertiary/aromatic N) is 2. The number of carbonyl (C=O) groups excluding carboxylic acids is 1. The van der Waals surface area contributed by atoms with Crippen molar-refractivity contribution in [3.05, 3.63) is 48.3 Å². The molecule has 0 aliphatic rings. The zero-order valence-electron chi connectivity index (χ0n) is 9.21. The monoisotopic (exact) mass is 231 g/mol. The Hall–Kier alpha value is -2.14. The van der Waals surface area contributed by atoms with E-state index in [1.54, 1.807) is 10.9 Å². The van der Waals surface area contributed by atoms with Crippen molar-refractivity contribution in [1.29, 1.82) is 0 Å². The summed E-state index contributed by atoms with van der Waals surface area (Å²) in [5.41, 5.74) is 1.85. The molecule has 2 N–H and O–H groups in total. The largest absolute Gasteiger partial charge is 0.387 e. The van der Waals surface area contributed by atoms with E-state index in [4.69, 9.17) is 5.11 Å². The van der Waals surface area contributed by atoms with Gasteiger partial charge in [-0.3, -0.25) is 4.79 Å². The van der Waals surface area contributed by atoms with Gasteiger partial charge in [0.25, 0.3) is 0 Å². The van der Waals surface area contributed by atoms with Crippen molar-refractivity contribution in [2.75, 3.05) is 6.61 Å². The molecule has 1 amide bonds. The van der Waals surface area contributed by atoms with Crippen LogP contribution in [0.4, 0.5) is 0 Å². The normalized spacial score (nSPS) is 10.2. The molecule has 88 valence electrons. The highest BCUT2D eigenvalue weighted by atomic mass is 16.3. The van der Waals surface area contributed by atoms with E-state index < -0.39 is 12.5 Å². The number of aliphatic hydroxyl groups excluding tert-OH is 1. The van der Waals surface area contributed by atoms with Crippen LogP contribution in [-0.4, -0.2) is 27.4 Å². The SMILES string of the molecule is O=C(CO)NCc1cnn(-c2ccccc2)c1. The summed E-state index contributed by atoms with van der Waals surface area (Å²) in [5, 5.41) is 15.3. The Bertz CT molecular complexity index is 493. The summed E-state index contributed by atoms with van der Waals surface area (Å²) in [4.78, 5) is 10.9. The molecule has 0 saturated carbocycles. The second kappa shape index (κ2) is 5.27. The molecule has 0 aliphatic heterocycles. The molecule has 2 rings (SSSR count). The highest BCUT2D eigenvalue weighted by Gasteiger charge is 2.02. The molecule has 5 heteroatoms. The lowest BCUT2D eigenvalue weighted by Gasteiger charge is -2.00. The molecule has 0 fully saturated rings. The maximum Gasteiger partial charge on any atom is 0.245 e. The minimum atomic E-state index is -0.493. The molecule has 0 unspecified atom stereocenters. The highest BCUT2D eigenvalue weighted by molar-refractivity contribution is 5.76. The van der Waals surface area contributed by atoms with Gasteiger partial charge in [-0.15, -0.1) is 0 Å². The van der Waals surface area contributed by atoms with Gasteiger partial charge in [0, 0.05) is 18.3 Å². The number of carbonyl (C=O) groups is 1. The predicted molar refractivity (Wildman–Crippen MR) is 62.5 cm³/mol. The van der Waals surface area contributed by atoms with Crippen LogP contribution in [0.25, 0.3) is 5.69 Å². The Morgan fingerprint density at radius 3 is 2.82 bits per heavy atom. The minimum absolute atomic E-state index is 0.367. The Balaban J connectivity index is 2.04. The maximum atomic E-state index is 10.9. The average Bonchev–Trinajstić information content (AvgIpc) is 2.86. The summed E-state index contributed by atoms with van der Waals surface area (Å²) in [5.74, 6) is -0.391. The van der Waals surface area contributed by atoms with Crippen molar-refractivity contribution >= 4 is 5.91 Å².